The van der Waals surface area contributed by atoms with Crippen molar-refractivity contribution in [2.45, 2.75) is 18.7 Å². The Balaban J connectivity index is 2.40. The zero-order valence-electron chi connectivity index (χ0n) is 9.86. The lowest BCUT2D eigenvalue weighted by Crippen LogP contribution is -2.13. The van der Waals surface area contributed by atoms with E-state index in [0.717, 1.165) is 10.0 Å². The molecule has 0 saturated heterocycles. The van der Waals surface area contributed by atoms with E-state index in [1.54, 1.807) is 19.1 Å². The molecule has 0 atom stereocenters. The largest absolute Gasteiger partial charge is 0.281 e. The number of aromatic amines is 1. The molecule has 1 aromatic carbocycles. The van der Waals surface area contributed by atoms with Gasteiger partial charge in [-0.25, -0.2) is 8.42 Å². The molecule has 0 saturated carbocycles. The number of halogens is 1. The molecule has 7 heteroatoms. The van der Waals surface area contributed by atoms with E-state index >= 15 is 0 Å². The number of nitrogens with one attached hydrogen (secondary N) is 2. The van der Waals surface area contributed by atoms with Crippen LogP contribution in [0.2, 0.25) is 0 Å². The van der Waals surface area contributed by atoms with Crippen LogP contribution in [0.3, 0.4) is 0 Å². The summed E-state index contributed by atoms with van der Waals surface area (Å²) >= 11 is 3.36. The molecule has 0 bridgehead atoms. The third-order valence-electron chi connectivity index (χ3n) is 2.51. The molecule has 0 aliphatic carbocycles. The van der Waals surface area contributed by atoms with Crippen LogP contribution in [-0.2, 0) is 10.0 Å². The zero-order valence-corrected chi connectivity index (χ0v) is 12.3. The first kappa shape index (κ1) is 13.1. The molecule has 0 spiro atoms. The highest BCUT2D eigenvalue weighted by molar-refractivity contribution is 9.10. The Morgan fingerprint density at radius 3 is 2.67 bits per heavy atom. The Labute approximate surface area is 114 Å². The van der Waals surface area contributed by atoms with E-state index in [-0.39, 0.29) is 4.90 Å². The van der Waals surface area contributed by atoms with Crippen LogP contribution in [0.5, 0.6) is 0 Å². The lowest BCUT2D eigenvalue weighted by atomic mass is 10.2. The van der Waals surface area contributed by atoms with E-state index in [4.69, 9.17) is 0 Å². The molecule has 2 aromatic rings. The number of benzene rings is 1. The van der Waals surface area contributed by atoms with Gasteiger partial charge in [0.15, 0.2) is 0 Å². The van der Waals surface area contributed by atoms with Crippen molar-refractivity contribution in [1.82, 2.24) is 10.2 Å². The van der Waals surface area contributed by atoms with Crippen molar-refractivity contribution in [2.75, 3.05) is 4.72 Å². The van der Waals surface area contributed by atoms with Crippen LogP contribution >= 0.6 is 15.9 Å². The Morgan fingerprint density at radius 2 is 2.06 bits per heavy atom. The molecule has 1 heterocycles. The van der Waals surface area contributed by atoms with Crippen molar-refractivity contribution >= 4 is 31.6 Å². The van der Waals surface area contributed by atoms with Crippen LogP contribution in [0.25, 0.3) is 0 Å². The van der Waals surface area contributed by atoms with E-state index in [2.05, 4.69) is 30.8 Å². The highest BCUT2D eigenvalue weighted by Crippen LogP contribution is 2.28. The summed E-state index contributed by atoms with van der Waals surface area (Å²) in [6, 6.07) is 5.38. The molecule has 0 amide bonds. The smallest absolute Gasteiger partial charge is 0.265 e. The van der Waals surface area contributed by atoms with Gasteiger partial charge in [0.1, 0.15) is 4.90 Å². The van der Waals surface area contributed by atoms with Crippen LogP contribution in [-0.4, -0.2) is 18.6 Å². The van der Waals surface area contributed by atoms with Crippen molar-refractivity contribution in [2.24, 2.45) is 0 Å². The summed E-state index contributed by atoms with van der Waals surface area (Å²) in [6.07, 6.45) is 1.29. The van der Waals surface area contributed by atoms with Gasteiger partial charge < -0.3 is 0 Å². The van der Waals surface area contributed by atoms with E-state index in [1.807, 2.05) is 13.0 Å². The third kappa shape index (κ3) is 2.41. The van der Waals surface area contributed by atoms with Gasteiger partial charge in [0.05, 0.1) is 17.6 Å². The summed E-state index contributed by atoms with van der Waals surface area (Å²) in [5.41, 5.74) is 1.97. The second-order valence-electron chi connectivity index (χ2n) is 3.90. The Hall–Kier alpha value is -1.34. The summed E-state index contributed by atoms with van der Waals surface area (Å²) in [4.78, 5) is 0.149. The fourth-order valence-electron chi connectivity index (χ4n) is 1.54. The number of anilines is 1. The van der Waals surface area contributed by atoms with Crippen LogP contribution in [0.15, 0.2) is 33.8 Å². The van der Waals surface area contributed by atoms with Crippen molar-refractivity contribution < 1.29 is 8.42 Å². The van der Waals surface area contributed by atoms with Crippen molar-refractivity contribution in [3.63, 3.8) is 0 Å². The highest BCUT2D eigenvalue weighted by atomic mass is 79.9. The van der Waals surface area contributed by atoms with Gasteiger partial charge in [-0.15, -0.1) is 0 Å². The first-order valence-electron chi connectivity index (χ1n) is 5.20. The fraction of sp³-hybridized carbons (Fsp3) is 0.182. The average molecular weight is 330 g/mol. The first-order chi connectivity index (χ1) is 8.42. The average Bonchev–Trinajstić information content (AvgIpc) is 2.72. The Kier molecular flexibility index (Phi) is 3.45. The minimum absolute atomic E-state index is 0.149. The Bertz CT molecular complexity index is 679. The van der Waals surface area contributed by atoms with Gasteiger partial charge in [0.2, 0.25) is 0 Å². The van der Waals surface area contributed by atoms with E-state index in [9.17, 15) is 8.42 Å². The van der Waals surface area contributed by atoms with Crippen molar-refractivity contribution in [1.29, 1.82) is 0 Å². The molecular formula is C11H12BrN3O2S. The van der Waals surface area contributed by atoms with Crippen molar-refractivity contribution in [3.05, 3.63) is 40.1 Å². The zero-order chi connectivity index (χ0) is 13.3. The summed E-state index contributed by atoms with van der Waals surface area (Å²) in [5.74, 6) is 0. The number of H-pyrrole nitrogens is 1. The summed E-state index contributed by atoms with van der Waals surface area (Å²) < 4.78 is 27.6. The standard InChI is InChI=1S/C11H12BrN3O2S/c1-7-4-3-5-9(11(7)12)15-18(16,17)10-6-13-14-8(10)2/h3-6,15H,1-2H3,(H,13,14). The lowest BCUT2D eigenvalue weighted by molar-refractivity contribution is 0.600. The van der Waals surface area contributed by atoms with Gasteiger partial charge in [-0.2, -0.15) is 5.10 Å². The van der Waals surface area contributed by atoms with Gasteiger partial charge in [-0.3, -0.25) is 9.82 Å². The Morgan fingerprint density at radius 1 is 1.33 bits per heavy atom. The van der Waals surface area contributed by atoms with Crippen molar-refractivity contribution in [3.8, 4) is 0 Å². The normalized spacial score (nSPS) is 11.5. The molecule has 96 valence electrons. The highest BCUT2D eigenvalue weighted by Gasteiger charge is 2.19. The molecule has 0 aliphatic heterocycles. The van der Waals surface area contributed by atoms with Crippen LogP contribution in [0.1, 0.15) is 11.3 Å². The summed E-state index contributed by atoms with van der Waals surface area (Å²) in [6.45, 7) is 3.55. The van der Waals surface area contributed by atoms with Crippen LogP contribution in [0, 0.1) is 13.8 Å². The number of nitrogens with zero attached hydrogens (tertiary/aromatic N) is 1. The van der Waals surface area contributed by atoms with Crippen LogP contribution < -0.4 is 4.72 Å². The molecule has 0 fully saturated rings. The lowest BCUT2D eigenvalue weighted by Gasteiger charge is -2.10. The first-order valence-corrected chi connectivity index (χ1v) is 7.47. The number of hydrogen-bond donors (Lipinski definition) is 2. The van der Waals surface area contributed by atoms with Gasteiger partial charge >= 0.3 is 0 Å². The number of aromatic nitrogens is 2. The molecule has 5 nitrogen and oxygen atoms in total. The second-order valence-corrected chi connectivity index (χ2v) is 6.35. The minimum Gasteiger partial charge on any atom is -0.281 e. The second kappa shape index (κ2) is 4.74. The van der Waals surface area contributed by atoms with Crippen LogP contribution in [0.4, 0.5) is 5.69 Å². The topological polar surface area (TPSA) is 74.8 Å². The molecule has 0 aliphatic rings. The van der Waals surface area contributed by atoms with E-state index < -0.39 is 10.0 Å². The number of hydrogen-bond acceptors (Lipinski definition) is 3. The maximum atomic E-state index is 12.2. The monoisotopic (exact) mass is 329 g/mol. The third-order valence-corrected chi connectivity index (χ3v) is 5.04. The summed E-state index contributed by atoms with van der Waals surface area (Å²) in [7, 11) is -3.61. The molecule has 0 unspecified atom stereocenters. The molecule has 1 aromatic heterocycles. The quantitative estimate of drug-likeness (QED) is 0.908. The van der Waals surface area contributed by atoms with Gasteiger partial charge in [-0.05, 0) is 41.4 Å². The molecular weight excluding hydrogens is 318 g/mol. The SMILES string of the molecule is Cc1cccc(NS(=O)(=O)c2cn[nH]c2C)c1Br. The maximum absolute atomic E-state index is 12.2. The van der Waals surface area contributed by atoms with E-state index in [1.165, 1.54) is 6.20 Å². The predicted octanol–water partition coefficient (Wildman–Crippen LogP) is 2.59. The van der Waals surface area contributed by atoms with E-state index in [0.29, 0.717) is 11.4 Å². The molecule has 18 heavy (non-hydrogen) atoms. The number of sulfonamides is 1. The maximum Gasteiger partial charge on any atom is 0.265 e. The van der Waals surface area contributed by atoms with Gasteiger partial charge in [0, 0.05) is 4.47 Å². The molecule has 2 rings (SSSR count). The fourth-order valence-corrected chi connectivity index (χ4v) is 3.24. The molecule has 0 radical (unpaired) electrons. The predicted molar refractivity (Wildman–Crippen MR) is 73.0 cm³/mol. The van der Waals surface area contributed by atoms with Gasteiger partial charge in [-0.1, -0.05) is 12.1 Å². The van der Waals surface area contributed by atoms with Gasteiger partial charge in [0.25, 0.3) is 10.0 Å². The number of rotatable bonds is 3. The minimum atomic E-state index is -3.61. The number of aryl methyl sites for hydroxylation is 2. The summed E-state index contributed by atoms with van der Waals surface area (Å²) in [5, 5.41) is 6.32. The molecule has 2 N–H and O–H groups in total.